The van der Waals surface area contributed by atoms with E-state index in [1.165, 1.54) is 18.6 Å². The van der Waals surface area contributed by atoms with Gasteiger partial charge in [-0.25, -0.2) is 18.4 Å². The summed E-state index contributed by atoms with van der Waals surface area (Å²) in [6.07, 6.45) is 5.56. The van der Waals surface area contributed by atoms with Crippen molar-refractivity contribution in [2.75, 3.05) is 12.3 Å². The molecule has 35 heavy (non-hydrogen) atoms. The lowest BCUT2D eigenvalue weighted by Gasteiger charge is -2.19. The summed E-state index contributed by atoms with van der Waals surface area (Å²) in [7, 11) is -3.94. The van der Waals surface area contributed by atoms with Gasteiger partial charge < -0.3 is 15.0 Å². The van der Waals surface area contributed by atoms with Gasteiger partial charge in [0.15, 0.2) is 5.65 Å². The number of anilines is 1. The van der Waals surface area contributed by atoms with E-state index in [9.17, 15) is 13.2 Å². The minimum atomic E-state index is -3.94. The number of ether oxygens (including phenoxy) is 1. The number of rotatable bonds is 7. The van der Waals surface area contributed by atoms with Crippen LogP contribution in [0.4, 0.5) is 5.82 Å². The minimum absolute atomic E-state index is 0.0129. The largest absolute Gasteiger partial charge is 0.465 e. The van der Waals surface area contributed by atoms with Gasteiger partial charge in [0.2, 0.25) is 9.84 Å². The molecule has 0 amide bonds. The van der Waals surface area contributed by atoms with E-state index in [1.54, 1.807) is 28.8 Å². The highest BCUT2D eigenvalue weighted by molar-refractivity contribution is 7.92. The van der Waals surface area contributed by atoms with Crippen molar-refractivity contribution in [2.45, 2.75) is 54.9 Å². The minimum Gasteiger partial charge on any atom is -0.465 e. The van der Waals surface area contributed by atoms with Crippen LogP contribution in [0.2, 0.25) is 0 Å². The predicted molar refractivity (Wildman–Crippen MR) is 133 cm³/mol. The highest BCUT2D eigenvalue weighted by Gasteiger charge is 2.30. The monoisotopic (exact) mass is 492 g/mol. The first-order valence-electron chi connectivity index (χ1n) is 12.0. The second-order valence-corrected chi connectivity index (χ2v) is 10.8. The molecule has 0 spiro atoms. The number of benzene rings is 2. The molecule has 1 saturated carbocycles. The molecule has 182 valence electrons. The van der Waals surface area contributed by atoms with Crippen LogP contribution in [0.1, 0.15) is 38.5 Å². The Kier molecular flexibility index (Phi) is 6.42. The molecule has 0 radical (unpaired) electrons. The summed E-state index contributed by atoms with van der Waals surface area (Å²) in [6, 6.07) is 15.5. The van der Waals surface area contributed by atoms with E-state index in [2.05, 4.69) is 4.98 Å². The molecule has 0 saturated heterocycles. The summed E-state index contributed by atoms with van der Waals surface area (Å²) in [6.45, 7) is 0.577. The van der Waals surface area contributed by atoms with Crippen molar-refractivity contribution in [2.24, 2.45) is 5.92 Å². The molecule has 2 N–H and O–H groups in total. The molecule has 0 bridgehead atoms. The van der Waals surface area contributed by atoms with Gasteiger partial charge in [-0.05, 0) is 43.5 Å². The van der Waals surface area contributed by atoms with Crippen molar-refractivity contribution in [3.63, 3.8) is 0 Å². The fraction of sp³-hybridized carbons (Fsp3) is 0.346. The normalized spacial score (nSPS) is 15.0. The molecule has 5 rings (SSSR count). The van der Waals surface area contributed by atoms with Gasteiger partial charge in [-0.15, -0.1) is 0 Å². The summed E-state index contributed by atoms with van der Waals surface area (Å²) in [5, 5.41) is 0. The van der Waals surface area contributed by atoms with Crippen molar-refractivity contribution in [1.29, 1.82) is 0 Å². The lowest BCUT2D eigenvalue weighted by atomic mass is 9.89. The van der Waals surface area contributed by atoms with Gasteiger partial charge in [-0.1, -0.05) is 49.6 Å². The van der Waals surface area contributed by atoms with Crippen LogP contribution in [0.15, 0.2) is 64.4 Å². The number of aromatic nitrogens is 3. The fourth-order valence-corrected chi connectivity index (χ4v) is 6.28. The van der Waals surface area contributed by atoms with Gasteiger partial charge in [0, 0.05) is 6.54 Å². The molecule has 9 heteroatoms. The number of nitrogens with zero attached hydrogens (tertiary/aromatic N) is 3. The van der Waals surface area contributed by atoms with Crippen LogP contribution in [0.5, 0.6) is 0 Å². The predicted octanol–water partition coefficient (Wildman–Crippen LogP) is 4.51. The summed E-state index contributed by atoms with van der Waals surface area (Å²) in [5.74, 6) is -0.0768. The third-order valence-corrected chi connectivity index (χ3v) is 8.41. The summed E-state index contributed by atoms with van der Waals surface area (Å²) in [4.78, 5) is 21.8. The maximum Gasteiger partial charge on any atom is 0.308 e. The van der Waals surface area contributed by atoms with Crippen LogP contribution in [0.25, 0.3) is 22.2 Å². The van der Waals surface area contributed by atoms with Crippen molar-refractivity contribution in [3.05, 3.63) is 54.6 Å². The number of carbonyl (C=O) groups is 1. The SMILES string of the molecule is Nc1c(S(=O)(=O)c2ccccc2)c2nc3ccccc3nc2n1CCCOC(=O)C1CCCCC1. The van der Waals surface area contributed by atoms with Crippen molar-refractivity contribution >= 4 is 43.8 Å². The average Bonchev–Trinajstić information content (AvgIpc) is 3.16. The van der Waals surface area contributed by atoms with Gasteiger partial charge in [-0.2, -0.15) is 0 Å². The van der Waals surface area contributed by atoms with Crippen LogP contribution in [-0.2, 0) is 25.9 Å². The van der Waals surface area contributed by atoms with Crippen LogP contribution >= 0.6 is 0 Å². The second-order valence-electron chi connectivity index (χ2n) is 8.92. The Hall–Kier alpha value is -3.46. The van der Waals surface area contributed by atoms with E-state index in [4.69, 9.17) is 15.5 Å². The summed E-state index contributed by atoms with van der Waals surface area (Å²) >= 11 is 0. The molecular weight excluding hydrogens is 464 g/mol. The number of hydrogen-bond donors (Lipinski definition) is 1. The Labute approximate surface area is 204 Å². The average molecular weight is 493 g/mol. The number of para-hydroxylation sites is 2. The molecule has 2 aromatic heterocycles. The Morgan fingerprint density at radius 3 is 2.34 bits per heavy atom. The van der Waals surface area contributed by atoms with Gasteiger partial charge in [0.05, 0.1) is 28.5 Å². The lowest BCUT2D eigenvalue weighted by molar-refractivity contribution is -0.149. The first kappa shape index (κ1) is 23.3. The van der Waals surface area contributed by atoms with Gasteiger partial charge in [-0.3, -0.25) is 4.79 Å². The Morgan fingerprint density at radius 1 is 0.971 bits per heavy atom. The number of aryl methyl sites for hydroxylation is 1. The number of sulfone groups is 1. The Morgan fingerprint density at radius 2 is 1.63 bits per heavy atom. The molecule has 8 nitrogen and oxygen atoms in total. The van der Waals surface area contributed by atoms with E-state index in [0.717, 1.165) is 25.7 Å². The second kappa shape index (κ2) is 9.65. The molecule has 0 aliphatic heterocycles. The van der Waals surface area contributed by atoms with E-state index in [1.807, 2.05) is 18.2 Å². The Bertz CT molecular complexity index is 1480. The standard InChI is InChI=1S/C26H28N4O4S/c27-24-23(35(32,33)19-12-5-2-6-13-19)22-25(29-21-15-8-7-14-20(21)28-22)30(24)16-9-17-34-26(31)18-10-3-1-4-11-18/h2,5-8,12-15,18H,1,3-4,9-11,16-17,27H2. The van der Waals surface area contributed by atoms with Gasteiger partial charge in [0.25, 0.3) is 0 Å². The molecule has 1 fully saturated rings. The van der Waals surface area contributed by atoms with Crippen molar-refractivity contribution in [3.8, 4) is 0 Å². The first-order valence-corrected chi connectivity index (χ1v) is 13.5. The number of carbonyl (C=O) groups excluding carboxylic acids is 1. The highest BCUT2D eigenvalue weighted by atomic mass is 32.2. The maximum absolute atomic E-state index is 13.6. The molecule has 1 aliphatic rings. The van der Waals surface area contributed by atoms with Gasteiger partial charge in [0.1, 0.15) is 16.2 Å². The molecular formula is C26H28N4O4S. The van der Waals surface area contributed by atoms with Crippen molar-refractivity contribution < 1.29 is 17.9 Å². The van der Waals surface area contributed by atoms with Crippen LogP contribution in [0, 0.1) is 5.92 Å². The van der Waals surface area contributed by atoms with Crippen molar-refractivity contribution in [1.82, 2.24) is 14.5 Å². The van der Waals surface area contributed by atoms with E-state index in [-0.39, 0.29) is 39.6 Å². The zero-order chi connectivity index (χ0) is 24.4. The highest BCUT2D eigenvalue weighted by Crippen LogP contribution is 2.35. The summed E-state index contributed by atoms with van der Waals surface area (Å²) in [5.41, 5.74) is 8.33. The molecule has 0 unspecified atom stereocenters. The smallest absolute Gasteiger partial charge is 0.308 e. The first-order chi connectivity index (χ1) is 17.0. The van der Waals surface area contributed by atoms with E-state index < -0.39 is 9.84 Å². The van der Waals surface area contributed by atoms with E-state index >= 15 is 0 Å². The van der Waals surface area contributed by atoms with Crippen LogP contribution < -0.4 is 5.73 Å². The van der Waals surface area contributed by atoms with Gasteiger partial charge >= 0.3 is 5.97 Å². The van der Waals surface area contributed by atoms with E-state index in [0.29, 0.717) is 29.6 Å². The zero-order valence-electron chi connectivity index (χ0n) is 19.4. The number of esters is 1. The fourth-order valence-electron chi connectivity index (χ4n) is 4.75. The van der Waals surface area contributed by atoms with Crippen LogP contribution in [-0.4, -0.2) is 35.5 Å². The number of fused-ring (bicyclic) bond motifs is 2. The zero-order valence-corrected chi connectivity index (χ0v) is 20.2. The number of nitrogens with two attached hydrogens (primary N) is 1. The molecule has 2 aromatic carbocycles. The lowest BCUT2D eigenvalue weighted by Crippen LogP contribution is -2.21. The quantitative estimate of drug-likeness (QED) is 0.298. The summed E-state index contributed by atoms with van der Waals surface area (Å²) < 4.78 is 34.4. The molecule has 4 aromatic rings. The molecule has 0 atom stereocenters. The van der Waals surface area contributed by atoms with Crippen LogP contribution in [0.3, 0.4) is 0 Å². The number of nitrogen functional groups attached to an aromatic ring is 1. The maximum atomic E-state index is 13.6. The third-order valence-electron chi connectivity index (χ3n) is 6.58. The molecule has 1 aliphatic carbocycles. The topological polar surface area (TPSA) is 117 Å². The molecule has 2 heterocycles. The Balaban J connectivity index is 1.48. The third kappa shape index (κ3) is 4.48. The number of hydrogen-bond acceptors (Lipinski definition) is 7.